The third kappa shape index (κ3) is 6.30. The van der Waals surface area contributed by atoms with Crippen molar-refractivity contribution in [3.8, 4) is 0 Å². The van der Waals surface area contributed by atoms with Crippen molar-refractivity contribution in [2.45, 2.75) is 20.4 Å². The quantitative estimate of drug-likeness (QED) is 0.504. The average Bonchev–Trinajstić information content (AvgIpc) is 2.79. The van der Waals surface area contributed by atoms with Crippen LogP contribution in [0.4, 0.5) is 22.0 Å². The van der Waals surface area contributed by atoms with E-state index < -0.39 is 0 Å². The molecule has 0 radical (unpaired) electrons. The van der Waals surface area contributed by atoms with Crippen molar-refractivity contribution in [1.82, 2.24) is 10.3 Å². The maximum absolute atomic E-state index is 12.5. The summed E-state index contributed by atoms with van der Waals surface area (Å²) in [5.74, 6) is 0.660. The van der Waals surface area contributed by atoms with Gasteiger partial charge in [0.05, 0.1) is 5.56 Å². The van der Waals surface area contributed by atoms with Crippen molar-refractivity contribution in [1.29, 1.82) is 0 Å². The van der Waals surface area contributed by atoms with Crippen molar-refractivity contribution in [3.05, 3.63) is 84.1 Å². The molecule has 3 amide bonds. The molecule has 7 heteroatoms. The van der Waals surface area contributed by atoms with Gasteiger partial charge in [0, 0.05) is 37.2 Å². The van der Waals surface area contributed by atoms with Gasteiger partial charge in [-0.05, 0) is 55.8 Å². The van der Waals surface area contributed by atoms with Crippen LogP contribution in [0.15, 0.2) is 72.9 Å². The van der Waals surface area contributed by atoms with Crippen molar-refractivity contribution < 1.29 is 9.59 Å². The maximum Gasteiger partial charge on any atom is 0.323 e. The lowest BCUT2D eigenvalue weighted by Gasteiger charge is -2.19. The number of pyridine rings is 1. The van der Waals surface area contributed by atoms with Crippen LogP contribution in [0, 0.1) is 0 Å². The van der Waals surface area contributed by atoms with E-state index in [-0.39, 0.29) is 11.9 Å². The Kier molecular flexibility index (Phi) is 7.59. The lowest BCUT2D eigenvalue weighted by atomic mass is 10.2. The third-order valence-electron chi connectivity index (χ3n) is 4.77. The van der Waals surface area contributed by atoms with E-state index in [1.165, 1.54) is 0 Å². The highest BCUT2D eigenvalue weighted by Gasteiger charge is 2.09. The second kappa shape index (κ2) is 10.8. The van der Waals surface area contributed by atoms with Crippen molar-refractivity contribution in [3.63, 3.8) is 0 Å². The molecule has 0 unspecified atom stereocenters. The normalized spacial score (nSPS) is 10.3. The van der Waals surface area contributed by atoms with Crippen LogP contribution in [0.25, 0.3) is 0 Å². The Hall–Kier alpha value is -3.87. The molecule has 3 N–H and O–H groups in total. The van der Waals surface area contributed by atoms with Gasteiger partial charge in [0.25, 0.3) is 5.91 Å². The standard InChI is InChI=1S/C24H27N5O2/c1-3-29(4-2)22-14-13-19(17-25-22)23(30)26-16-18-9-8-12-21(15-18)28-24(31)27-20-10-6-5-7-11-20/h5-15,17H,3-4,16H2,1-2H3,(H,26,30)(H2,27,28,31). The van der Waals surface area contributed by atoms with Gasteiger partial charge in [-0.1, -0.05) is 30.3 Å². The SMILES string of the molecule is CCN(CC)c1ccc(C(=O)NCc2cccc(NC(=O)Nc3ccccc3)c2)cn1. The minimum atomic E-state index is -0.327. The molecule has 2 aromatic carbocycles. The number of urea groups is 1. The molecule has 0 aliphatic carbocycles. The number of carbonyl (C=O) groups excluding carboxylic acids is 2. The number of hydrogen-bond donors (Lipinski definition) is 3. The molecular weight excluding hydrogens is 390 g/mol. The van der Waals surface area contributed by atoms with Crippen LogP contribution in [0.1, 0.15) is 29.8 Å². The summed E-state index contributed by atoms with van der Waals surface area (Å²) in [4.78, 5) is 31.1. The fourth-order valence-corrected chi connectivity index (χ4v) is 3.11. The van der Waals surface area contributed by atoms with Gasteiger partial charge in [-0.25, -0.2) is 9.78 Å². The zero-order chi connectivity index (χ0) is 22.1. The second-order valence-corrected chi connectivity index (χ2v) is 6.91. The highest BCUT2D eigenvalue weighted by Crippen LogP contribution is 2.13. The molecule has 0 bridgehead atoms. The predicted octanol–water partition coefficient (Wildman–Crippen LogP) is 4.50. The number of rotatable bonds is 8. The number of benzene rings is 2. The molecule has 160 valence electrons. The number of amides is 3. The molecule has 0 atom stereocenters. The van der Waals surface area contributed by atoms with Gasteiger partial charge in [-0.2, -0.15) is 0 Å². The smallest absolute Gasteiger partial charge is 0.323 e. The second-order valence-electron chi connectivity index (χ2n) is 6.91. The number of carbonyl (C=O) groups is 2. The largest absolute Gasteiger partial charge is 0.357 e. The van der Waals surface area contributed by atoms with Crippen LogP contribution in [0.2, 0.25) is 0 Å². The Morgan fingerprint density at radius 1 is 0.871 bits per heavy atom. The molecular formula is C24H27N5O2. The Morgan fingerprint density at radius 3 is 2.26 bits per heavy atom. The van der Waals surface area contributed by atoms with E-state index in [9.17, 15) is 9.59 Å². The highest BCUT2D eigenvalue weighted by molar-refractivity contribution is 5.99. The van der Waals surface area contributed by atoms with Crippen LogP contribution in [0.5, 0.6) is 0 Å². The Bertz CT molecular complexity index is 1000. The van der Waals surface area contributed by atoms with E-state index in [4.69, 9.17) is 0 Å². The van der Waals surface area contributed by atoms with E-state index >= 15 is 0 Å². The van der Waals surface area contributed by atoms with Crippen molar-refractivity contribution in [2.24, 2.45) is 0 Å². The first-order valence-electron chi connectivity index (χ1n) is 10.3. The monoisotopic (exact) mass is 417 g/mol. The summed E-state index contributed by atoms with van der Waals surface area (Å²) >= 11 is 0. The van der Waals surface area contributed by atoms with Crippen molar-refractivity contribution in [2.75, 3.05) is 28.6 Å². The lowest BCUT2D eigenvalue weighted by Crippen LogP contribution is -2.25. The van der Waals surface area contributed by atoms with Gasteiger partial charge < -0.3 is 20.9 Å². The first kappa shape index (κ1) is 21.8. The van der Waals surface area contributed by atoms with Crippen molar-refractivity contribution >= 4 is 29.1 Å². The molecule has 0 aliphatic rings. The number of nitrogens with one attached hydrogen (secondary N) is 3. The molecule has 0 aliphatic heterocycles. The van der Waals surface area contributed by atoms with Gasteiger partial charge in [0.1, 0.15) is 5.82 Å². The molecule has 1 aromatic heterocycles. The minimum absolute atomic E-state index is 0.196. The van der Waals surface area contributed by atoms with E-state index in [2.05, 4.69) is 39.7 Å². The van der Waals surface area contributed by atoms with Crippen LogP contribution >= 0.6 is 0 Å². The number of nitrogens with zero attached hydrogens (tertiary/aromatic N) is 2. The number of anilines is 3. The van der Waals surface area contributed by atoms with Gasteiger partial charge in [-0.3, -0.25) is 4.79 Å². The molecule has 0 saturated carbocycles. The molecule has 7 nitrogen and oxygen atoms in total. The van der Waals surface area contributed by atoms with Crippen LogP contribution in [0.3, 0.4) is 0 Å². The molecule has 0 fully saturated rings. The Morgan fingerprint density at radius 2 is 1.58 bits per heavy atom. The minimum Gasteiger partial charge on any atom is -0.357 e. The molecule has 1 heterocycles. The lowest BCUT2D eigenvalue weighted by molar-refractivity contribution is 0.0950. The summed E-state index contributed by atoms with van der Waals surface area (Å²) in [5.41, 5.74) is 2.74. The number of aromatic nitrogens is 1. The zero-order valence-corrected chi connectivity index (χ0v) is 17.8. The molecule has 0 spiro atoms. The van der Waals surface area contributed by atoms with E-state index in [1.807, 2.05) is 54.6 Å². The van der Waals surface area contributed by atoms with Gasteiger partial charge in [0.15, 0.2) is 0 Å². The molecule has 3 aromatic rings. The van der Waals surface area contributed by atoms with Gasteiger partial charge in [-0.15, -0.1) is 0 Å². The average molecular weight is 418 g/mol. The van der Waals surface area contributed by atoms with Crippen LogP contribution in [-0.4, -0.2) is 30.0 Å². The first-order valence-corrected chi connectivity index (χ1v) is 10.3. The summed E-state index contributed by atoms with van der Waals surface area (Å²) in [5, 5.41) is 8.46. The fraction of sp³-hybridized carbons (Fsp3) is 0.208. The Labute approximate surface area is 182 Å². The zero-order valence-electron chi connectivity index (χ0n) is 17.8. The summed E-state index contributed by atoms with van der Waals surface area (Å²) in [6.45, 7) is 6.21. The van der Waals surface area contributed by atoms with Gasteiger partial charge >= 0.3 is 6.03 Å². The predicted molar refractivity (Wildman–Crippen MR) is 124 cm³/mol. The highest BCUT2D eigenvalue weighted by atomic mass is 16.2. The summed E-state index contributed by atoms with van der Waals surface area (Å²) in [6, 6.07) is 19.9. The van der Waals surface area contributed by atoms with Crippen LogP contribution < -0.4 is 20.9 Å². The molecule has 0 saturated heterocycles. The van der Waals surface area contributed by atoms with Crippen LogP contribution in [-0.2, 0) is 6.54 Å². The number of hydrogen-bond acceptors (Lipinski definition) is 4. The first-order chi connectivity index (χ1) is 15.1. The summed E-state index contributed by atoms with van der Waals surface area (Å²) < 4.78 is 0. The topological polar surface area (TPSA) is 86.4 Å². The maximum atomic E-state index is 12.5. The molecule has 31 heavy (non-hydrogen) atoms. The summed E-state index contributed by atoms with van der Waals surface area (Å²) in [6.07, 6.45) is 1.59. The Balaban J connectivity index is 1.54. The number of para-hydroxylation sites is 1. The van der Waals surface area contributed by atoms with E-state index in [0.717, 1.165) is 24.5 Å². The van der Waals surface area contributed by atoms with Gasteiger partial charge in [0.2, 0.25) is 0 Å². The third-order valence-corrected chi connectivity index (χ3v) is 4.77. The van der Waals surface area contributed by atoms with E-state index in [1.54, 1.807) is 18.3 Å². The fourth-order valence-electron chi connectivity index (χ4n) is 3.11. The van der Waals surface area contributed by atoms with E-state index in [0.29, 0.717) is 23.5 Å². The molecule has 3 rings (SSSR count). The summed E-state index contributed by atoms with van der Waals surface area (Å²) in [7, 11) is 0.